The van der Waals surface area contributed by atoms with Gasteiger partial charge in [-0.05, 0) is 70.5 Å². The predicted molar refractivity (Wildman–Crippen MR) is 139 cm³/mol. The van der Waals surface area contributed by atoms with Crippen LogP contribution in [-0.4, -0.2) is 83.2 Å². The summed E-state index contributed by atoms with van der Waals surface area (Å²) in [6, 6.07) is 0.620. The largest absolute Gasteiger partial charge is 0.493 e. The maximum atomic E-state index is 12.5. The molecule has 3 aromatic heterocycles. The number of amides is 1. The molecule has 1 saturated heterocycles. The lowest BCUT2D eigenvalue weighted by atomic mass is 9.91. The summed E-state index contributed by atoms with van der Waals surface area (Å²) in [5.74, 6) is 0.351. The Labute approximate surface area is 218 Å². The molecule has 5 N–H and O–H groups in total. The van der Waals surface area contributed by atoms with Crippen LogP contribution in [0.2, 0.25) is 0 Å². The summed E-state index contributed by atoms with van der Waals surface area (Å²) in [4.78, 5) is 45.3. The Morgan fingerprint density at radius 2 is 1.84 bits per heavy atom. The van der Waals surface area contributed by atoms with Gasteiger partial charge in [0.25, 0.3) is 5.62 Å². The van der Waals surface area contributed by atoms with E-state index in [4.69, 9.17) is 9.98 Å². The average Bonchev–Trinajstić information content (AvgIpc) is 3.54. The first-order valence-electron chi connectivity index (χ1n) is 13.6. The van der Waals surface area contributed by atoms with Gasteiger partial charge in [-0.2, -0.15) is 19.6 Å². The Bertz CT molecular complexity index is 1470. The number of hydrogen-bond acceptors (Lipinski definition) is 9. The SMILES string of the molecule is O=C(CN1CCCCC1)NC1CCC(Nc2nc(=NC3CC3)n3nc/c(=C/c4[nH]c(=O)[nH]c4O)c3n2)CC1. The van der Waals surface area contributed by atoms with Crippen molar-refractivity contribution in [3.63, 3.8) is 0 Å². The number of aromatic hydroxyl groups is 1. The fourth-order valence-electron chi connectivity index (χ4n) is 5.30. The van der Waals surface area contributed by atoms with Crippen molar-refractivity contribution in [2.75, 3.05) is 25.0 Å². The van der Waals surface area contributed by atoms with Gasteiger partial charge in [0, 0.05) is 17.3 Å². The lowest BCUT2D eigenvalue weighted by Crippen LogP contribution is -2.45. The number of nitrogens with zero attached hydrogens (tertiary/aromatic N) is 6. The third-order valence-electron chi connectivity index (χ3n) is 7.50. The molecule has 1 aliphatic heterocycles. The van der Waals surface area contributed by atoms with E-state index < -0.39 is 5.69 Å². The summed E-state index contributed by atoms with van der Waals surface area (Å²) in [7, 11) is 0. The summed E-state index contributed by atoms with van der Waals surface area (Å²) < 4.78 is 1.59. The second kappa shape index (κ2) is 10.6. The molecule has 2 aliphatic carbocycles. The average molecular weight is 523 g/mol. The molecule has 2 saturated carbocycles. The van der Waals surface area contributed by atoms with Crippen molar-refractivity contribution in [1.82, 2.24) is 39.8 Å². The zero-order valence-corrected chi connectivity index (χ0v) is 21.3. The quantitative estimate of drug-likeness (QED) is 0.284. The standard InChI is InChI=1S/C25H34N10O3/c36-20(14-34-10-2-1-3-11-34)27-16-4-6-17(7-5-16)28-23-31-21-15(12-19-22(37)32-25(38)30-19)13-26-35(21)24(33-23)29-18-8-9-18/h12-13,16-18,37H,1-11,14H2,(H,27,36)(H,28,29,33)(H2,30,32,38)/b15-12-. The molecule has 13 heteroatoms. The Morgan fingerprint density at radius 3 is 2.55 bits per heavy atom. The van der Waals surface area contributed by atoms with E-state index in [1.54, 1.807) is 16.8 Å². The van der Waals surface area contributed by atoms with Crippen LogP contribution in [0.5, 0.6) is 5.88 Å². The third kappa shape index (κ3) is 5.72. The number of nitrogens with one attached hydrogen (secondary N) is 4. The normalized spacial score (nSPS) is 23.7. The molecule has 13 nitrogen and oxygen atoms in total. The van der Waals surface area contributed by atoms with E-state index in [9.17, 15) is 14.7 Å². The van der Waals surface area contributed by atoms with Crippen LogP contribution in [0.3, 0.4) is 0 Å². The molecule has 1 amide bonds. The van der Waals surface area contributed by atoms with E-state index in [1.807, 2.05) is 0 Å². The molecule has 6 rings (SSSR count). The molecule has 202 valence electrons. The molecule has 0 spiro atoms. The number of imidazole rings is 1. The van der Waals surface area contributed by atoms with Gasteiger partial charge in [-0.3, -0.25) is 14.7 Å². The lowest BCUT2D eigenvalue weighted by molar-refractivity contribution is -0.123. The molecule has 0 bridgehead atoms. The van der Waals surface area contributed by atoms with Crippen molar-refractivity contribution in [1.29, 1.82) is 0 Å². The van der Waals surface area contributed by atoms with Crippen LogP contribution in [0.4, 0.5) is 5.95 Å². The summed E-state index contributed by atoms with van der Waals surface area (Å²) in [5.41, 5.74) is 0.761. The third-order valence-corrected chi connectivity index (χ3v) is 7.50. The lowest BCUT2D eigenvalue weighted by Gasteiger charge is -2.31. The first kappa shape index (κ1) is 24.6. The maximum absolute atomic E-state index is 12.5. The van der Waals surface area contributed by atoms with Crippen LogP contribution in [0, 0.1) is 0 Å². The summed E-state index contributed by atoms with van der Waals surface area (Å²) in [5, 5.41) is 21.7. The monoisotopic (exact) mass is 522 g/mol. The Hall–Kier alpha value is -3.74. The Morgan fingerprint density at radius 1 is 1.08 bits per heavy atom. The van der Waals surface area contributed by atoms with Crippen molar-refractivity contribution in [3.8, 4) is 5.88 Å². The second-order valence-corrected chi connectivity index (χ2v) is 10.6. The van der Waals surface area contributed by atoms with Crippen molar-refractivity contribution in [3.05, 3.63) is 33.2 Å². The van der Waals surface area contributed by atoms with E-state index in [0.29, 0.717) is 29.0 Å². The van der Waals surface area contributed by atoms with Crippen LogP contribution in [0.25, 0.3) is 11.7 Å². The highest BCUT2D eigenvalue weighted by molar-refractivity contribution is 5.78. The number of aromatic amines is 2. The van der Waals surface area contributed by atoms with Gasteiger partial charge in [-0.15, -0.1) is 0 Å². The van der Waals surface area contributed by atoms with Crippen LogP contribution in [0.1, 0.15) is 63.5 Å². The summed E-state index contributed by atoms with van der Waals surface area (Å²) >= 11 is 0. The van der Waals surface area contributed by atoms with E-state index >= 15 is 0 Å². The predicted octanol–water partition coefficient (Wildman–Crippen LogP) is -0.218. The molecule has 3 aromatic rings. The molecule has 0 aromatic carbocycles. The fraction of sp³-hybridized carbons (Fsp3) is 0.600. The van der Waals surface area contributed by atoms with E-state index in [-0.39, 0.29) is 35.6 Å². The zero-order chi connectivity index (χ0) is 26.1. The van der Waals surface area contributed by atoms with E-state index in [2.05, 4.69) is 35.6 Å². The topological polar surface area (TPSA) is 169 Å². The van der Waals surface area contributed by atoms with E-state index in [0.717, 1.165) is 51.6 Å². The number of aromatic nitrogens is 6. The summed E-state index contributed by atoms with van der Waals surface area (Å²) in [6.07, 6.45) is 12.5. The minimum absolute atomic E-state index is 0.128. The number of fused-ring (bicyclic) bond motifs is 1. The summed E-state index contributed by atoms with van der Waals surface area (Å²) in [6.45, 7) is 2.53. The molecular formula is C25H34N10O3. The molecule has 38 heavy (non-hydrogen) atoms. The minimum Gasteiger partial charge on any atom is -0.493 e. The molecule has 0 atom stereocenters. The van der Waals surface area contributed by atoms with Crippen LogP contribution in [0.15, 0.2) is 16.0 Å². The molecule has 3 fully saturated rings. The smallest absolute Gasteiger partial charge is 0.326 e. The zero-order valence-electron chi connectivity index (χ0n) is 21.3. The molecule has 0 unspecified atom stereocenters. The molecule has 0 radical (unpaired) electrons. The Balaban J connectivity index is 1.15. The van der Waals surface area contributed by atoms with Crippen molar-refractivity contribution in [2.24, 2.45) is 4.99 Å². The van der Waals surface area contributed by atoms with Crippen LogP contribution < -0.4 is 27.2 Å². The van der Waals surface area contributed by atoms with Crippen molar-refractivity contribution < 1.29 is 9.90 Å². The van der Waals surface area contributed by atoms with Gasteiger partial charge in [0.1, 0.15) is 5.69 Å². The van der Waals surface area contributed by atoms with Crippen LogP contribution >= 0.6 is 0 Å². The number of rotatable bonds is 7. The maximum Gasteiger partial charge on any atom is 0.326 e. The number of H-pyrrole nitrogens is 2. The minimum atomic E-state index is -0.495. The number of anilines is 1. The van der Waals surface area contributed by atoms with Gasteiger partial charge in [0.2, 0.25) is 17.7 Å². The first-order chi connectivity index (χ1) is 18.5. The number of hydrogen-bond donors (Lipinski definition) is 5. The van der Waals surface area contributed by atoms with Gasteiger partial charge < -0.3 is 20.7 Å². The van der Waals surface area contributed by atoms with Crippen molar-refractivity contribution >= 4 is 23.6 Å². The number of carbonyl (C=O) groups excluding carboxylic acids is 1. The van der Waals surface area contributed by atoms with Gasteiger partial charge >= 0.3 is 5.69 Å². The van der Waals surface area contributed by atoms with Gasteiger partial charge in [-0.1, -0.05) is 6.42 Å². The second-order valence-electron chi connectivity index (χ2n) is 10.6. The fourth-order valence-corrected chi connectivity index (χ4v) is 5.30. The Kier molecular flexibility index (Phi) is 6.83. The van der Waals surface area contributed by atoms with Gasteiger partial charge in [0.15, 0.2) is 5.65 Å². The molecule has 4 heterocycles. The van der Waals surface area contributed by atoms with Crippen LogP contribution in [-0.2, 0) is 4.79 Å². The van der Waals surface area contributed by atoms with Gasteiger partial charge in [-0.25, -0.2) is 9.79 Å². The number of carbonyl (C=O) groups is 1. The first-order valence-corrected chi connectivity index (χ1v) is 13.6. The van der Waals surface area contributed by atoms with E-state index in [1.165, 1.54) is 19.3 Å². The number of likely N-dealkylation sites (tertiary alicyclic amines) is 1. The van der Waals surface area contributed by atoms with Gasteiger partial charge in [0.05, 0.1) is 18.8 Å². The van der Waals surface area contributed by atoms with Crippen molar-refractivity contribution in [2.45, 2.75) is 75.9 Å². The highest BCUT2D eigenvalue weighted by atomic mass is 16.3. The number of piperidine rings is 1. The molecular weight excluding hydrogens is 488 g/mol. The highest BCUT2D eigenvalue weighted by Crippen LogP contribution is 2.23. The highest BCUT2D eigenvalue weighted by Gasteiger charge is 2.25. The molecule has 3 aliphatic rings.